The van der Waals surface area contributed by atoms with E-state index in [1.54, 1.807) is 10.6 Å². The van der Waals surface area contributed by atoms with E-state index >= 15 is 0 Å². The van der Waals surface area contributed by atoms with Crippen molar-refractivity contribution in [3.63, 3.8) is 0 Å². The molecule has 2 aliphatic heterocycles. The number of thiophene rings is 2. The van der Waals surface area contributed by atoms with Crippen LogP contribution in [0, 0.1) is 23.7 Å². The van der Waals surface area contributed by atoms with Gasteiger partial charge in [-0.2, -0.15) is 17.5 Å². The van der Waals surface area contributed by atoms with Crippen molar-refractivity contribution in [1.82, 2.24) is 22.1 Å². The lowest BCUT2D eigenvalue weighted by Gasteiger charge is -2.32. The number of unbranched alkanes of at least 4 members (excludes halogenated alkanes) is 4. The van der Waals surface area contributed by atoms with Gasteiger partial charge >= 0.3 is 0 Å². The van der Waals surface area contributed by atoms with Crippen LogP contribution in [0.25, 0.3) is 53.2 Å². The molecule has 2 aromatic carbocycles. The first-order chi connectivity index (χ1) is 32.9. The average molecular weight is 994 g/mol. The largest absolute Gasteiger partial charge is 0.360 e. The maximum absolute atomic E-state index is 5.02. The van der Waals surface area contributed by atoms with E-state index < -0.39 is 0 Å². The summed E-state index contributed by atoms with van der Waals surface area (Å²) in [5.74, 6) is 2.71. The van der Waals surface area contributed by atoms with Gasteiger partial charge in [0.1, 0.15) is 22.1 Å². The summed E-state index contributed by atoms with van der Waals surface area (Å²) in [6.45, 7) is 21.1. The number of hydrogen-bond donors (Lipinski definition) is 0. The van der Waals surface area contributed by atoms with E-state index in [4.69, 9.17) is 17.5 Å². The molecule has 0 amide bonds. The summed E-state index contributed by atoms with van der Waals surface area (Å²) in [7, 11) is 0. The number of thioether (sulfide) groups is 1. The third kappa shape index (κ3) is 9.82. The van der Waals surface area contributed by atoms with Crippen LogP contribution in [0.3, 0.4) is 0 Å². The Labute approximate surface area is 422 Å². The Morgan fingerprint density at radius 1 is 0.552 bits per heavy atom. The molecule has 0 aliphatic carbocycles. The first-order valence-corrected chi connectivity index (χ1v) is 30.6. The zero-order chi connectivity index (χ0) is 46.6. The van der Waals surface area contributed by atoms with Gasteiger partial charge in [0, 0.05) is 43.7 Å². The molecule has 5 aromatic heterocycles. The van der Waals surface area contributed by atoms with Gasteiger partial charge in [-0.15, -0.1) is 34.4 Å². The average Bonchev–Trinajstić information content (AvgIpc) is 4.22. The number of rotatable bonds is 26. The molecule has 7 heterocycles. The number of hydrogen-bond acceptors (Lipinski definition) is 10. The second kappa shape index (κ2) is 22.5. The summed E-state index contributed by atoms with van der Waals surface area (Å²) in [6.07, 6.45) is 22.4. The molecule has 0 fully saturated rings. The quantitative estimate of drug-likeness (QED) is 0.0539. The summed E-state index contributed by atoms with van der Waals surface area (Å²) >= 11 is 9.02. The highest BCUT2D eigenvalue weighted by Gasteiger charge is 2.50. The Morgan fingerprint density at radius 3 is 1.57 bits per heavy atom. The molecule has 9 rings (SSSR count). The van der Waals surface area contributed by atoms with Crippen LogP contribution < -0.4 is 4.90 Å². The molecule has 0 bridgehead atoms. The van der Waals surface area contributed by atoms with Gasteiger partial charge in [0.2, 0.25) is 0 Å². The predicted molar refractivity (Wildman–Crippen MR) is 296 cm³/mol. The molecule has 360 valence electrons. The van der Waals surface area contributed by atoms with E-state index in [9.17, 15) is 0 Å². The molecular formula is C56H76N6S5. The monoisotopic (exact) mass is 992 g/mol. The third-order valence-electron chi connectivity index (χ3n) is 15.8. The Morgan fingerprint density at radius 2 is 1.04 bits per heavy atom. The van der Waals surface area contributed by atoms with Crippen LogP contribution in [0.2, 0.25) is 0 Å². The molecule has 6 unspecified atom stereocenters. The molecule has 6 atom stereocenters. The standard InChI is InChI=1S/C56H76N6S5/c1-9-17-21-35(13-5)29-39-25-27-41(49-47(39)57-66-59-49)45-31-43-53(63-45)55-51(61(43)33-37(15-7)23-19-11-3)52-56(65-55)54-44(62(52)34-38(16-8)24-20-12-4)32-46(64-54)42-28-26-40(48-50(42)60-67-58-48)30-36(14-6)22-18-10-2/h25-28,31-32,35-38,51,55H,9-24,29-30,33-34H2,1-8H3. The summed E-state index contributed by atoms with van der Waals surface area (Å²) in [5.41, 5.74) is 14.2. The van der Waals surface area contributed by atoms with Crippen molar-refractivity contribution < 1.29 is 0 Å². The Bertz CT molecular complexity index is 2720. The number of fused-ring (bicyclic) bond motifs is 9. The molecule has 0 saturated carbocycles. The smallest absolute Gasteiger partial charge is 0.113 e. The number of nitrogens with zero attached hydrogens (tertiary/aromatic N) is 6. The lowest BCUT2D eigenvalue weighted by Crippen LogP contribution is -2.32. The molecule has 67 heavy (non-hydrogen) atoms. The van der Waals surface area contributed by atoms with E-state index in [1.165, 1.54) is 179 Å². The van der Waals surface area contributed by atoms with Gasteiger partial charge in [0.05, 0.1) is 56.3 Å². The molecule has 0 N–H and O–H groups in total. The van der Waals surface area contributed by atoms with Gasteiger partial charge < -0.3 is 9.47 Å². The maximum atomic E-state index is 5.02. The SMILES string of the molecule is CCCCC(CC)Cc1ccc(-c2cc3c(s2)C2Sc4c(n(CC(CC)CCCC)c5cc(-c6ccc(CC(CC)CCCC)c7nsnc67)sc45)C2N3CC(CC)CCCC)c2nsnc12. The highest BCUT2D eigenvalue weighted by Crippen LogP contribution is 2.68. The topological polar surface area (TPSA) is 59.7 Å². The van der Waals surface area contributed by atoms with Crippen molar-refractivity contribution in [3.05, 3.63) is 58.1 Å². The zero-order valence-electron chi connectivity index (χ0n) is 41.8. The van der Waals surface area contributed by atoms with Crippen LogP contribution in [-0.2, 0) is 19.4 Å². The maximum Gasteiger partial charge on any atom is 0.113 e. The number of anilines is 1. The molecule has 0 radical (unpaired) electrons. The molecule has 0 saturated heterocycles. The van der Waals surface area contributed by atoms with E-state index in [0.717, 1.165) is 48.0 Å². The molecule has 11 heteroatoms. The minimum atomic E-state index is 0.336. The summed E-state index contributed by atoms with van der Waals surface area (Å²) in [4.78, 5) is 8.70. The van der Waals surface area contributed by atoms with Crippen molar-refractivity contribution in [1.29, 1.82) is 0 Å². The van der Waals surface area contributed by atoms with Gasteiger partial charge in [-0.25, -0.2) is 0 Å². The van der Waals surface area contributed by atoms with Crippen LogP contribution in [0.5, 0.6) is 0 Å². The normalized spacial score (nSPS) is 17.5. The van der Waals surface area contributed by atoms with Gasteiger partial charge in [-0.05, 0) is 72.6 Å². The van der Waals surface area contributed by atoms with Crippen LogP contribution in [0.15, 0.2) is 41.3 Å². The minimum Gasteiger partial charge on any atom is -0.360 e. The molecule has 0 spiro atoms. The fourth-order valence-electron chi connectivity index (χ4n) is 11.5. The van der Waals surface area contributed by atoms with E-state index in [2.05, 4.69) is 113 Å². The molecule has 7 aromatic rings. The third-order valence-corrected chi connectivity index (χ3v) is 21.0. The van der Waals surface area contributed by atoms with Gasteiger partial charge in [-0.1, -0.05) is 170 Å². The minimum absolute atomic E-state index is 0.336. The highest BCUT2D eigenvalue weighted by atomic mass is 32.2. The van der Waals surface area contributed by atoms with E-state index in [0.29, 0.717) is 35.0 Å². The molecule has 6 nitrogen and oxygen atoms in total. The van der Waals surface area contributed by atoms with Crippen molar-refractivity contribution in [3.8, 4) is 20.9 Å². The predicted octanol–water partition coefficient (Wildman–Crippen LogP) is 18.8. The number of aromatic nitrogens is 5. The van der Waals surface area contributed by atoms with Crippen molar-refractivity contribution in [2.45, 2.75) is 194 Å². The summed E-state index contributed by atoms with van der Waals surface area (Å²) in [5, 5.41) is 0.375. The fraction of sp³-hybridized carbons (Fsp3) is 0.607. The first kappa shape index (κ1) is 49.2. The van der Waals surface area contributed by atoms with Crippen LogP contribution >= 0.6 is 57.9 Å². The lowest BCUT2D eigenvalue weighted by atomic mass is 9.91. The Hall–Kier alpha value is -2.83. The Balaban J connectivity index is 1.13. The van der Waals surface area contributed by atoms with Crippen LogP contribution in [-0.4, -0.2) is 28.6 Å². The lowest BCUT2D eigenvalue weighted by molar-refractivity contribution is 0.381. The van der Waals surface area contributed by atoms with Gasteiger partial charge in [0.25, 0.3) is 0 Å². The first-order valence-electron chi connectivity index (χ1n) is 26.6. The molecular weight excluding hydrogens is 917 g/mol. The Kier molecular flexibility index (Phi) is 16.5. The number of benzene rings is 2. The second-order valence-corrected chi connectivity index (χ2v) is 24.5. The fourth-order valence-corrected chi connectivity index (χ4v) is 17.0. The van der Waals surface area contributed by atoms with E-state index in [1.807, 2.05) is 22.7 Å². The van der Waals surface area contributed by atoms with Gasteiger partial charge in [0.15, 0.2) is 0 Å². The van der Waals surface area contributed by atoms with E-state index in [-0.39, 0.29) is 0 Å². The van der Waals surface area contributed by atoms with Crippen molar-refractivity contribution >= 4 is 95.9 Å². The zero-order valence-corrected chi connectivity index (χ0v) is 45.9. The second-order valence-electron chi connectivity index (χ2n) is 20.2. The van der Waals surface area contributed by atoms with Gasteiger partial charge in [-0.3, -0.25) is 0 Å². The van der Waals surface area contributed by atoms with Crippen molar-refractivity contribution in [2.75, 3.05) is 11.4 Å². The van der Waals surface area contributed by atoms with Crippen LogP contribution in [0.4, 0.5) is 5.69 Å². The summed E-state index contributed by atoms with van der Waals surface area (Å²) < 4.78 is 24.3. The molecule has 2 aliphatic rings. The highest BCUT2D eigenvalue weighted by molar-refractivity contribution is 8.00. The van der Waals surface area contributed by atoms with Crippen LogP contribution in [0.1, 0.15) is 191 Å². The van der Waals surface area contributed by atoms with Crippen molar-refractivity contribution in [2.24, 2.45) is 23.7 Å². The summed E-state index contributed by atoms with van der Waals surface area (Å²) in [6, 6.07) is 15.0.